The zero-order valence-corrected chi connectivity index (χ0v) is 11.0. The van der Waals surface area contributed by atoms with Gasteiger partial charge in [0.15, 0.2) is 5.82 Å². The van der Waals surface area contributed by atoms with E-state index < -0.39 is 0 Å². The van der Waals surface area contributed by atoms with Gasteiger partial charge in [-0.1, -0.05) is 26.2 Å². The number of nitrogens with two attached hydrogens (primary N) is 1. The zero-order valence-electron chi connectivity index (χ0n) is 11.0. The monoisotopic (exact) mass is 250 g/mol. The van der Waals surface area contributed by atoms with Crippen molar-refractivity contribution in [3.63, 3.8) is 0 Å². The molecule has 0 radical (unpaired) electrons. The highest BCUT2D eigenvalue weighted by Gasteiger charge is 2.21. The minimum Gasteiger partial charge on any atom is -0.382 e. The summed E-state index contributed by atoms with van der Waals surface area (Å²) in [6.45, 7) is 2.79. The van der Waals surface area contributed by atoms with Gasteiger partial charge in [-0.05, 0) is 19.3 Å². The van der Waals surface area contributed by atoms with E-state index in [4.69, 9.17) is 5.73 Å². The fraction of sp³-hybridized carbons (Fsp3) is 0.692. The maximum Gasteiger partial charge on any atom is 0.256 e. The molecule has 0 saturated heterocycles. The third kappa shape index (κ3) is 2.83. The molecule has 18 heavy (non-hydrogen) atoms. The van der Waals surface area contributed by atoms with E-state index in [1.807, 2.05) is 4.68 Å². The van der Waals surface area contributed by atoms with Crippen LogP contribution in [0.2, 0.25) is 0 Å². The van der Waals surface area contributed by atoms with E-state index in [1.165, 1.54) is 12.8 Å². The molecular weight excluding hydrogens is 228 g/mol. The van der Waals surface area contributed by atoms with Gasteiger partial charge in [-0.2, -0.15) is 5.10 Å². The van der Waals surface area contributed by atoms with Gasteiger partial charge in [0.05, 0.1) is 6.04 Å². The summed E-state index contributed by atoms with van der Waals surface area (Å²) in [5, 5.41) is 7.15. The van der Waals surface area contributed by atoms with Crippen molar-refractivity contribution in [1.29, 1.82) is 0 Å². The van der Waals surface area contributed by atoms with Crippen LogP contribution in [0.3, 0.4) is 0 Å². The Balaban J connectivity index is 2.01. The molecule has 1 heterocycles. The molecule has 0 bridgehead atoms. The number of nitrogens with zero attached hydrogens (tertiary/aromatic N) is 2. The number of nitrogens with one attached hydrogen (secondary N) is 1. The van der Waals surface area contributed by atoms with Crippen LogP contribution >= 0.6 is 0 Å². The molecule has 1 aliphatic rings. The van der Waals surface area contributed by atoms with Crippen LogP contribution in [0.5, 0.6) is 0 Å². The minimum absolute atomic E-state index is 0.106. The van der Waals surface area contributed by atoms with Crippen molar-refractivity contribution in [2.45, 2.75) is 51.5 Å². The summed E-state index contributed by atoms with van der Waals surface area (Å²) in [6, 6.07) is 0.421. The molecular formula is C13H22N4O. The summed E-state index contributed by atoms with van der Waals surface area (Å²) in [4.78, 5) is 11.9. The van der Waals surface area contributed by atoms with Crippen LogP contribution in [-0.2, 0) is 0 Å². The lowest BCUT2D eigenvalue weighted by atomic mass is 10.2. The maximum atomic E-state index is 11.9. The Labute approximate surface area is 108 Å². The van der Waals surface area contributed by atoms with Crippen molar-refractivity contribution in [2.24, 2.45) is 0 Å². The summed E-state index contributed by atoms with van der Waals surface area (Å²) in [5.74, 6) is 0.237. The average Bonchev–Trinajstić information content (AvgIpc) is 2.97. The Morgan fingerprint density at radius 3 is 2.94 bits per heavy atom. The smallest absolute Gasteiger partial charge is 0.256 e. The van der Waals surface area contributed by atoms with E-state index in [1.54, 1.807) is 6.20 Å². The largest absolute Gasteiger partial charge is 0.382 e. The fourth-order valence-electron chi connectivity index (χ4n) is 2.41. The molecule has 1 amide bonds. The van der Waals surface area contributed by atoms with Crippen molar-refractivity contribution in [1.82, 2.24) is 15.1 Å². The molecule has 5 nitrogen and oxygen atoms in total. The highest BCUT2D eigenvalue weighted by Crippen LogP contribution is 2.29. The molecule has 0 unspecified atom stereocenters. The van der Waals surface area contributed by atoms with Crippen molar-refractivity contribution >= 4 is 11.7 Å². The molecule has 1 fully saturated rings. The highest BCUT2D eigenvalue weighted by atomic mass is 16.1. The number of aromatic nitrogens is 2. The van der Waals surface area contributed by atoms with Crippen LogP contribution < -0.4 is 11.1 Å². The van der Waals surface area contributed by atoms with Gasteiger partial charge in [0.25, 0.3) is 5.91 Å². The van der Waals surface area contributed by atoms with Crippen LogP contribution in [0, 0.1) is 0 Å². The second kappa shape index (κ2) is 5.89. The molecule has 5 heteroatoms. The summed E-state index contributed by atoms with van der Waals surface area (Å²) >= 11 is 0. The van der Waals surface area contributed by atoms with Crippen LogP contribution in [-0.4, -0.2) is 22.2 Å². The Hall–Kier alpha value is -1.52. The maximum absolute atomic E-state index is 11.9. The first-order valence-corrected chi connectivity index (χ1v) is 6.85. The lowest BCUT2D eigenvalue weighted by molar-refractivity contribution is 0.0954. The van der Waals surface area contributed by atoms with E-state index >= 15 is 0 Å². The van der Waals surface area contributed by atoms with Crippen molar-refractivity contribution in [3.8, 4) is 0 Å². The van der Waals surface area contributed by atoms with Crippen molar-refractivity contribution < 1.29 is 4.79 Å². The van der Waals surface area contributed by atoms with Gasteiger partial charge in [-0.25, -0.2) is 0 Å². The predicted octanol–water partition coefficient (Wildman–Crippen LogP) is 2.11. The van der Waals surface area contributed by atoms with E-state index in [9.17, 15) is 4.79 Å². The second-order valence-electron chi connectivity index (χ2n) is 4.96. The molecule has 1 aromatic heterocycles. The second-order valence-corrected chi connectivity index (χ2v) is 4.96. The van der Waals surface area contributed by atoms with E-state index in [2.05, 4.69) is 17.3 Å². The number of rotatable bonds is 5. The lowest BCUT2D eigenvalue weighted by Gasteiger charge is -2.08. The number of amides is 1. The Morgan fingerprint density at radius 1 is 1.56 bits per heavy atom. The number of anilines is 1. The summed E-state index contributed by atoms with van der Waals surface area (Å²) in [6.07, 6.45) is 8.60. The molecule has 0 spiro atoms. The molecule has 0 atom stereocenters. The van der Waals surface area contributed by atoms with Gasteiger partial charge in [-0.3, -0.25) is 9.48 Å². The van der Waals surface area contributed by atoms with E-state index in [-0.39, 0.29) is 5.91 Å². The van der Waals surface area contributed by atoms with Gasteiger partial charge in [0, 0.05) is 12.7 Å². The molecule has 3 N–H and O–H groups in total. The molecule has 0 aliphatic heterocycles. The first-order chi connectivity index (χ1) is 8.72. The highest BCUT2D eigenvalue weighted by molar-refractivity contribution is 5.98. The molecule has 1 saturated carbocycles. The van der Waals surface area contributed by atoms with Gasteiger partial charge < -0.3 is 11.1 Å². The van der Waals surface area contributed by atoms with E-state index in [0.717, 1.165) is 25.7 Å². The summed E-state index contributed by atoms with van der Waals surface area (Å²) < 4.78 is 1.87. The predicted molar refractivity (Wildman–Crippen MR) is 71.4 cm³/mol. The van der Waals surface area contributed by atoms with Gasteiger partial charge >= 0.3 is 0 Å². The first kappa shape index (κ1) is 12.9. The van der Waals surface area contributed by atoms with Gasteiger partial charge in [0.2, 0.25) is 0 Å². The van der Waals surface area contributed by atoms with Crippen LogP contribution in [0.15, 0.2) is 6.20 Å². The molecule has 1 aromatic rings. The van der Waals surface area contributed by atoms with Crippen LogP contribution in [0.1, 0.15) is 61.8 Å². The SMILES string of the molecule is CCCCNC(=O)c1cn(C2CCCC2)nc1N. The quantitative estimate of drug-likeness (QED) is 0.786. The first-order valence-electron chi connectivity index (χ1n) is 6.85. The molecule has 0 aromatic carbocycles. The number of nitrogen functional groups attached to an aromatic ring is 1. The van der Waals surface area contributed by atoms with Crippen molar-refractivity contribution in [3.05, 3.63) is 11.8 Å². The number of unbranched alkanes of at least 4 members (excludes halogenated alkanes) is 1. The Bertz CT molecular complexity index is 407. The van der Waals surface area contributed by atoms with Crippen LogP contribution in [0.25, 0.3) is 0 Å². The molecule has 1 aliphatic carbocycles. The molecule has 100 valence electrons. The Morgan fingerprint density at radius 2 is 2.28 bits per heavy atom. The number of carbonyl (C=O) groups is 1. The third-order valence-corrected chi connectivity index (χ3v) is 3.52. The molecule has 2 rings (SSSR count). The third-order valence-electron chi connectivity index (χ3n) is 3.52. The van der Waals surface area contributed by atoms with Gasteiger partial charge in [-0.15, -0.1) is 0 Å². The topological polar surface area (TPSA) is 72.9 Å². The number of carbonyl (C=O) groups excluding carboxylic acids is 1. The number of hydrogen-bond acceptors (Lipinski definition) is 3. The van der Waals surface area contributed by atoms with Crippen LogP contribution in [0.4, 0.5) is 5.82 Å². The lowest BCUT2D eigenvalue weighted by Crippen LogP contribution is -2.24. The minimum atomic E-state index is -0.106. The van der Waals surface area contributed by atoms with E-state index in [0.29, 0.717) is 24.0 Å². The van der Waals surface area contributed by atoms with Crippen molar-refractivity contribution in [2.75, 3.05) is 12.3 Å². The zero-order chi connectivity index (χ0) is 13.0. The fourth-order valence-corrected chi connectivity index (χ4v) is 2.41. The summed E-state index contributed by atoms with van der Waals surface area (Å²) in [7, 11) is 0. The summed E-state index contributed by atoms with van der Waals surface area (Å²) in [5.41, 5.74) is 6.33. The number of hydrogen-bond donors (Lipinski definition) is 2. The Kier molecular flexibility index (Phi) is 4.23. The standard InChI is InChI=1S/C13H22N4O/c1-2-3-8-15-13(18)11-9-17(16-12(11)14)10-6-4-5-7-10/h9-10H,2-8H2,1H3,(H2,14,16)(H,15,18). The normalized spacial score (nSPS) is 16.1. The van der Waals surface area contributed by atoms with Gasteiger partial charge in [0.1, 0.15) is 5.56 Å². The average molecular weight is 250 g/mol.